The molecule has 0 saturated carbocycles. The first-order chi connectivity index (χ1) is 6.82. The van der Waals surface area contributed by atoms with Gasteiger partial charge in [0, 0.05) is 19.6 Å². The zero-order valence-electron chi connectivity index (χ0n) is 8.43. The molecule has 0 aromatic carbocycles. The van der Waals surface area contributed by atoms with Crippen LogP contribution in [-0.4, -0.2) is 49.0 Å². The first-order valence-electron chi connectivity index (χ1n) is 4.59. The summed E-state index contributed by atoms with van der Waals surface area (Å²) in [6, 6.07) is 0. The van der Waals surface area contributed by atoms with E-state index in [1.165, 1.54) is 0 Å². The van der Waals surface area contributed by atoms with Crippen LogP contribution in [0.4, 0.5) is 0 Å². The lowest BCUT2D eigenvalue weighted by Gasteiger charge is -2.19. The van der Waals surface area contributed by atoms with Gasteiger partial charge in [0.1, 0.15) is 5.54 Å². The highest BCUT2D eigenvalue weighted by molar-refractivity contribution is 7.87. The molecular formula is C7H15N3O4S. The van der Waals surface area contributed by atoms with Crippen LogP contribution >= 0.6 is 0 Å². The van der Waals surface area contributed by atoms with E-state index >= 15 is 0 Å². The molecule has 1 aliphatic rings. The van der Waals surface area contributed by atoms with E-state index in [-0.39, 0.29) is 26.1 Å². The summed E-state index contributed by atoms with van der Waals surface area (Å²) in [7, 11) is -3.57. The molecule has 15 heavy (non-hydrogen) atoms. The predicted molar refractivity (Wildman–Crippen MR) is 53.3 cm³/mol. The summed E-state index contributed by atoms with van der Waals surface area (Å²) in [5.41, 5.74) is 4.10. The van der Waals surface area contributed by atoms with Gasteiger partial charge in [-0.1, -0.05) is 6.92 Å². The number of carboxylic acids is 1. The molecule has 88 valence electrons. The Kier molecular flexibility index (Phi) is 3.34. The van der Waals surface area contributed by atoms with Gasteiger partial charge in [-0.25, -0.2) is 4.72 Å². The van der Waals surface area contributed by atoms with Crippen molar-refractivity contribution in [1.29, 1.82) is 0 Å². The van der Waals surface area contributed by atoms with Crippen LogP contribution in [0.5, 0.6) is 0 Å². The SMILES string of the molecule is CCNS(=O)(=O)N1CCC(N)(C(=O)O)C1. The van der Waals surface area contributed by atoms with Crippen molar-refractivity contribution in [1.82, 2.24) is 9.03 Å². The molecule has 1 rings (SSSR count). The Morgan fingerprint density at radius 3 is 2.67 bits per heavy atom. The van der Waals surface area contributed by atoms with E-state index < -0.39 is 21.7 Å². The molecule has 4 N–H and O–H groups in total. The van der Waals surface area contributed by atoms with Gasteiger partial charge >= 0.3 is 5.97 Å². The molecule has 0 spiro atoms. The number of hydrogen-bond donors (Lipinski definition) is 3. The van der Waals surface area contributed by atoms with Crippen molar-refractivity contribution in [3.8, 4) is 0 Å². The zero-order valence-corrected chi connectivity index (χ0v) is 9.25. The fourth-order valence-electron chi connectivity index (χ4n) is 1.45. The van der Waals surface area contributed by atoms with Gasteiger partial charge in [0.25, 0.3) is 10.2 Å². The molecule has 0 bridgehead atoms. The number of aliphatic carboxylic acids is 1. The van der Waals surface area contributed by atoms with Crippen molar-refractivity contribution in [2.45, 2.75) is 18.9 Å². The maximum Gasteiger partial charge on any atom is 0.325 e. The van der Waals surface area contributed by atoms with Gasteiger partial charge in [-0.15, -0.1) is 0 Å². The highest BCUT2D eigenvalue weighted by Crippen LogP contribution is 2.20. The van der Waals surface area contributed by atoms with Gasteiger partial charge in [0.05, 0.1) is 0 Å². The number of carbonyl (C=O) groups is 1. The standard InChI is InChI=1S/C7H15N3O4S/c1-2-9-15(13,14)10-4-3-7(8,5-10)6(11)12/h9H,2-5,8H2,1H3,(H,11,12). The molecule has 0 aromatic heterocycles. The summed E-state index contributed by atoms with van der Waals surface area (Å²) in [5, 5.41) is 8.82. The van der Waals surface area contributed by atoms with Crippen LogP contribution < -0.4 is 10.5 Å². The Balaban J connectivity index is 2.76. The van der Waals surface area contributed by atoms with E-state index in [2.05, 4.69) is 4.72 Å². The smallest absolute Gasteiger partial charge is 0.325 e. The first-order valence-corrected chi connectivity index (χ1v) is 6.03. The molecule has 1 saturated heterocycles. The summed E-state index contributed by atoms with van der Waals surface area (Å²) in [5.74, 6) is -1.17. The minimum absolute atomic E-state index is 0.132. The maximum absolute atomic E-state index is 11.5. The predicted octanol–water partition coefficient (Wildman–Crippen LogP) is -1.67. The van der Waals surface area contributed by atoms with E-state index in [0.717, 1.165) is 4.31 Å². The van der Waals surface area contributed by atoms with Gasteiger partial charge in [0.2, 0.25) is 0 Å². The maximum atomic E-state index is 11.5. The van der Waals surface area contributed by atoms with Gasteiger partial charge in [-0.3, -0.25) is 4.79 Å². The molecule has 1 atom stereocenters. The van der Waals surface area contributed by atoms with Crippen LogP contribution in [-0.2, 0) is 15.0 Å². The van der Waals surface area contributed by atoms with Crippen LogP contribution in [0, 0.1) is 0 Å². The summed E-state index contributed by atoms with van der Waals surface area (Å²) in [4.78, 5) is 10.8. The summed E-state index contributed by atoms with van der Waals surface area (Å²) < 4.78 is 26.4. The largest absolute Gasteiger partial charge is 0.480 e. The van der Waals surface area contributed by atoms with Crippen molar-refractivity contribution in [2.24, 2.45) is 5.73 Å². The molecule has 0 radical (unpaired) electrons. The van der Waals surface area contributed by atoms with E-state index in [0.29, 0.717) is 0 Å². The van der Waals surface area contributed by atoms with Gasteiger partial charge in [-0.05, 0) is 6.42 Å². The van der Waals surface area contributed by atoms with Gasteiger partial charge in [-0.2, -0.15) is 12.7 Å². The van der Waals surface area contributed by atoms with Crippen LogP contribution in [0.15, 0.2) is 0 Å². The number of nitrogens with zero attached hydrogens (tertiary/aromatic N) is 1. The zero-order chi connectivity index (χ0) is 11.7. The van der Waals surface area contributed by atoms with E-state index in [1.54, 1.807) is 6.92 Å². The molecule has 1 fully saturated rings. The van der Waals surface area contributed by atoms with E-state index in [9.17, 15) is 13.2 Å². The van der Waals surface area contributed by atoms with Gasteiger partial charge in [0.15, 0.2) is 0 Å². The van der Waals surface area contributed by atoms with Crippen LogP contribution in [0.1, 0.15) is 13.3 Å². The van der Waals surface area contributed by atoms with Crippen LogP contribution in [0.25, 0.3) is 0 Å². The van der Waals surface area contributed by atoms with Crippen LogP contribution in [0.2, 0.25) is 0 Å². The lowest BCUT2D eigenvalue weighted by Crippen LogP contribution is -2.51. The third-order valence-electron chi connectivity index (χ3n) is 2.36. The number of hydrogen-bond acceptors (Lipinski definition) is 4. The second kappa shape index (κ2) is 4.05. The molecule has 0 amide bonds. The highest BCUT2D eigenvalue weighted by Gasteiger charge is 2.45. The first kappa shape index (κ1) is 12.4. The molecule has 8 heteroatoms. The summed E-state index contributed by atoms with van der Waals surface area (Å²) in [6.45, 7) is 1.87. The van der Waals surface area contributed by atoms with Crippen molar-refractivity contribution in [3.63, 3.8) is 0 Å². The number of rotatable bonds is 4. The average molecular weight is 237 g/mol. The van der Waals surface area contributed by atoms with Crippen LogP contribution in [0.3, 0.4) is 0 Å². The minimum atomic E-state index is -3.57. The van der Waals surface area contributed by atoms with Crippen molar-refractivity contribution < 1.29 is 18.3 Å². The van der Waals surface area contributed by atoms with Crippen molar-refractivity contribution in [3.05, 3.63) is 0 Å². The van der Waals surface area contributed by atoms with Crippen molar-refractivity contribution >= 4 is 16.2 Å². The lowest BCUT2D eigenvalue weighted by atomic mass is 10.0. The van der Waals surface area contributed by atoms with E-state index in [1.807, 2.05) is 0 Å². The summed E-state index contributed by atoms with van der Waals surface area (Å²) >= 11 is 0. The fourth-order valence-corrected chi connectivity index (χ4v) is 2.73. The molecule has 7 nitrogen and oxygen atoms in total. The molecule has 1 unspecified atom stereocenters. The molecule has 1 aliphatic heterocycles. The third kappa shape index (κ3) is 2.46. The second-order valence-corrected chi connectivity index (χ2v) is 5.30. The fraction of sp³-hybridized carbons (Fsp3) is 0.857. The normalized spacial score (nSPS) is 28.1. The monoisotopic (exact) mass is 237 g/mol. The Morgan fingerprint density at radius 1 is 1.67 bits per heavy atom. The topological polar surface area (TPSA) is 113 Å². The highest BCUT2D eigenvalue weighted by atomic mass is 32.2. The lowest BCUT2D eigenvalue weighted by molar-refractivity contribution is -0.142. The van der Waals surface area contributed by atoms with Gasteiger partial charge < -0.3 is 10.8 Å². The second-order valence-electron chi connectivity index (χ2n) is 3.55. The molecule has 1 heterocycles. The summed E-state index contributed by atoms with van der Waals surface area (Å²) in [6.07, 6.45) is 0.132. The quantitative estimate of drug-likeness (QED) is 0.541. The number of nitrogens with two attached hydrogens (primary N) is 1. The Hall–Kier alpha value is -0.700. The minimum Gasteiger partial charge on any atom is -0.480 e. The van der Waals surface area contributed by atoms with Crippen molar-refractivity contribution in [2.75, 3.05) is 19.6 Å². The third-order valence-corrected chi connectivity index (χ3v) is 4.00. The molecule has 0 aromatic rings. The number of carboxylic acid groups (broad SMARTS) is 1. The molecule has 0 aliphatic carbocycles. The Morgan fingerprint density at radius 2 is 2.27 bits per heavy atom. The number of nitrogens with one attached hydrogen (secondary N) is 1. The molecular weight excluding hydrogens is 222 g/mol. The Labute approximate surface area is 88.4 Å². The Bertz CT molecular complexity index is 355. The average Bonchev–Trinajstić information content (AvgIpc) is 2.50. The van der Waals surface area contributed by atoms with E-state index in [4.69, 9.17) is 10.8 Å².